The van der Waals surface area contributed by atoms with Gasteiger partial charge in [0.2, 0.25) is 0 Å². The van der Waals surface area contributed by atoms with Gasteiger partial charge in [0.1, 0.15) is 0 Å². The minimum absolute atomic E-state index is 0.279. The van der Waals surface area contributed by atoms with Crippen LogP contribution in [0.4, 0.5) is 0 Å². The van der Waals surface area contributed by atoms with Gasteiger partial charge >= 0.3 is 0 Å². The van der Waals surface area contributed by atoms with E-state index in [1.54, 1.807) is 0 Å². The number of benzene rings is 1. The molecule has 0 radical (unpaired) electrons. The SMILES string of the molecule is CCCCCCCCCCCC(C)(C)c1ccccc1Br. The van der Waals surface area contributed by atoms with E-state index in [0.29, 0.717) is 0 Å². The highest BCUT2D eigenvalue weighted by Gasteiger charge is 2.21. The summed E-state index contributed by atoms with van der Waals surface area (Å²) in [6.45, 7) is 7.03. The van der Waals surface area contributed by atoms with E-state index < -0.39 is 0 Å². The van der Waals surface area contributed by atoms with Gasteiger partial charge in [-0.05, 0) is 23.5 Å². The van der Waals surface area contributed by atoms with E-state index in [-0.39, 0.29) is 5.41 Å². The van der Waals surface area contributed by atoms with Gasteiger partial charge in [-0.3, -0.25) is 0 Å². The summed E-state index contributed by atoms with van der Waals surface area (Å²) in [5.74, 6) is 0. The minimum atomic E-state index is 0.279. The van der Waals surface area contributed by atoms with Crippen molar-refractivity contribution in [2.45, 2.75) is 90.4 Å². The third kappa shape index (κ3) is 7.49. The Morgan fingerprint density at radius 3 is 1.90 bits per heavy atom. The molecule has 0 spiro atoms. The summed E-state index contributed by atoms with van der Waals surface area (Å²) in [6.07, 6.45) is 14.0. The Bertz CT molecular complexity index is 381. The Labute approximate surface area is 140 Å². The van der Waals surface area contributed by atoms with E-state index in [0.717, 1.165) is 0 Å². The summed E-state index contributed by atoms with van der Waals surface area (Å²) in [5, 5.41) is 0. The van der Waals surface area contributed by atoms with Crippen molar-refractivity contribution in [3.63, 3.8) is 0 Å². The van der Waals surface area contributed by atoms with Gasteiger partial charge in [-0.25, -0.2) is 0 Å². The Balaban J connectivity index is 2.16. The van der Waals surface area contributed by atoms with Gasteiger partial charge in [0, 0.05) is 4.47 Å². The molecule has 1 heteroatoms. The van der Waals surface area contributed by atoms with E-state index in [1.807, 2.05) is 0 Å². The van der Waals surface area contributed by atoms with Crippen molar-refractivity contribution in [3.05, 3.63) is 34.3 Å². The summed E-state index contributed by atoms with van der Waals surface area (Å²) in [5.41, 5.74) is 1.73. The molecule has 1 rings (SSSR count). The van der Waals surface area contributed by atoms with Gasteiger partial charge in [-0.15, -0.1) is 0 Å². The summed E-state index contributed by atoms with van der Waals surface area (Å²) in [4.78, 5) is 0. The second-order valence-electron chi connectivity index (χ2n) is 6.94. The second kappa shape index (κ2) is 10.4. The fourth-order valence-corrected chi connectivity index (χ4v) is 3.84. The lowest BCUT2D eigenvalue weighted by Gasteiger charge is -2.26. The largest absolute Gasteiger partial charge is 0.0654 e. The Morgan fingerprint density at radius 1 is 0.810 bits per heavy atom. The van der Waals surface area contributed by atoms with Crippen molar-refractivity contribution in [1.82, 2.24) is 0 Å². The highest BCUT2D eigenvalue weighted by molar-refractivity contribution is 9.10. The zero-order chi connectivity index (χ0) is 15.6. The first-order chi connectivity index (χ1) is 10.1. The molecule has 0 N–H and O–H groups in total. The molecule has 0 aliphatic rings. The number of hydrogen-bond acceptors (Lipinski definition) is 0. The molecule has 0 aromatic heterocycles. The predicted molar refractivity (Wildman–Crippen MR) is 99.0 cm³/mol. The number of rotatable bonds is 11. The quantitative estimate of drug-likeness (QED) is 0.358. The van der Waals surface area contributed by atoms with E-state index in [9.17, 15) is 0 Å². The zero-order valence-corrected chi connectivity index (χ0v) is 15.8. The number of unbranched alkanes of at least 4 members (excludes halogenated alkanes) is 8. The molecule has 0 heterocycles. The van der Waals surface area contributed by atoms with Crippen molar-refractivity contribution in [3.8, 4) is 0 Å². The third-order valence-corrected chi connectivity index (χ3v) is 5.20. The molecule has 0 aliphatic heterocycles. The average Bonchev–Trinajstić information content (AvgIpc) is 2.46. The molecule has 0 nitrogen and oxygen atoms in total. The van der Waals surface area contributed by atoms with E-state index >= 15 is 0 Å². The van der Waals surface area contributed by atoms with Gasteiger partial charge in [0.25, 0.3) is 0 Å². The highest BCUT2D eigenvalue weighted by atomic mass is 79.9. The molecule has 0 fully saturated rings. The molecule has 0 saturated carbocycles. The van der Waals surface area contributed by atoms with E-state index in [1.165, 1.54) is 74.2 Å². The maximum atomic E-state index is 3.70. The van der Waals surface area contributed by atoms with Crippen LogP contribution in [0.1, 0.15) is 90.5 Å². The monoisotopic (exact) mass is 352 g/mol. The Kier molecular flexibility index (Phi) is 9.31. The lowest BCUT2D eigenvalue weighted by Crippen LogP contribution is -2.17. The molecular formula is C20H33Br. The van der Waals surface area contributed by atoms with Crippen LogP contribution in [0.2, 0.25) is 0 Å². The first-order valence-electron chi connectivity index (χ1n) is 8.83. The lowest BCUT2D eigenvalue weighted by molar-refractivity contribution is 0.440. The second-order valence-corrected chi connectivity index (χ2v) is 7.80. The molecule has 120 valence electrons. The molecule has 1 aromatic rings. The highest BCUT2D eigenvalue weighted by Crippen LogP contribution is 2.34. The van der Waals surface area contributed by atoms with Crippen LogP contribution in [0, 0.1) is 0 Å². The zero-order valence-electron chi connectivity index (χ0n) is 14.3. The lowest BCUT2D eigenvalue weighted by atomic mass is 9.80. The maximum absolute atomic E-state index is 3.70. The normalized spacial score (nSPS) is 11.8. The Morgan fingerprint density at radius 2 is 1.33 bits per heavy atom. The van der Waals surface area contributed by atoms with Crippen molar-refractivity contribution in [2.24, 2.45) is 0 Å². The van der Waals surface area contributed by atoms with E-state index in [4.69, 9.17) is 0 Å². The first kappa shape index (κ1) is 18.7. The summed E-state index contributed by atoms with van der Waals surface area (Å²) < 4.78 is 1.26. The van der Waals surface area contributed by atoms with Crippen LogP contribution in [0.3, 0.4) is 0 Å². The molecule has 0 amide bonds. The summed E-state index contributed by atoms with van der Waals surface area (Å²) in [7, 11) is 0. The first-order valence-corrected chi connectivity index (χ1v) is 9.62. The van der Waals surface area contributed by atoms with Crippen molar-refractivity contribution in [1.29, 1.82) is 0 Å². The summed E-state index contributed by atoms with van der Waals surface area (Å²) in [6, 6.07) is 8.67. The van der Waals surface area contributed by atoms with Crippen LogP contribution in [-0.4, -0.2) is 0 Å². The molecule has 0 aliphatic carbocycles. The fraction of sp³-hybridized carbons (Fsp3) is 0.700. The van der Waals surface area contributed by atoms with E-state index in [2.05, 4.69) is 61.0 Å². The Hall–Kier alpha value is -0.300. The molecule has 0 atom stereocenters. The van der Waals surface area contributed by atoms with Gasteiger partial charge in [-0.2, -0.15) is 0 Å². The van der Waals surface area contributed by atoms with Crippen LogP contribution in [-0.2, 0) is 5.41 Å². The summed E-state index contributed by atoms with van der Waals surface area (Å²) >= 11 is 3.70. The molecule has 21 heavy (non-hydrogen) atoms. The molecule has 0 bridgehead atoms. The topological polar surface area (TPSA) is 0 Å². The smallest absolute Gasteiger partial charge is 0.0212 e. The molecule has 1 aromatic carbocycles. The van der Waals surface area contributed by atoms with Gasteiger partial charge in [0.15, 0.2) is 0 Å². The fourth-order valence-electron chi connectivity index (χ4n) is 3.02. The van der Waals surface area contributed by atoms with Crippen LogP contribution in [0.5, 0.6) is 0 Å². The van der Waals surface area contributed by atoms with Crippen molar-refractivity contribution in [2.75, 3.05) is 0 Å². The number of hydrogen-bond donors (Lipinski definition) is 0. The van der Waals surface area contributed by atoms with Crippen LogP contribution < -0.4 is 0 Å². The minimum Gasteiger partial charge on any atom is -0.0654 e. The molecule has 0 unspecified atom stereocenters. The van der Waals surface area contributed by atoms with Gasteiger partial charge in [0.05, 0.1) is 0 Å². The van der Waals surface area contributed by atoms with Crippen molar-refractivity contribution < 1.29 is 0 Å². The number of halogens is 1. The third-order valence-electron chi connectivity index (χ3n) is 4.51. The van der Waals surface area contributed by atoms with Crippen molar-refractivity contribution >= 4 is 15.9 Å². The van der Waals surface area contributed by atoms with Gasteiger partial charge in [-0.1, -0.05) is 113 Å². The van der Waals surface area contributed by atoms with Crippen LogP contribution in [0.15, 0.2) is 28.7 Å². The van der Waals surface area contributed by atoms with Crippen LogP contribution in [0.25, 0.3) is 0 Å². The standard InChI is InChI=1S/C20H33Br/c1-4-5-6-7-8-9-10-11-14-17-20(2,3)18-15-12-13-16-19(18)21/h12-13,15-16H,4-11,14,17H2,1-3H3. The van der Waals surface area contributed by atoms with Gasteiger partial charge < -0.3 is 0 Å². The predicted octanol–water partition coefficient (Wildman–Crippen LogP) is 7.65. The average molecular weight is 353 g/mol. The maximum Gasteiger partial charge on any atom is 0.0212 e. The molecular weight excluding hydrogens is 320 g/mol. The molecule has 0 saturated heterocycles. The van der Waals surface area contributed by atoms with Crippen LogP contribution >= 0.6 is 15.9 Å².